The number of rotatable bonds is 5. The lowest BCUT2D eigenvalue weighted by Crippen LogP contribution is -2.39. The van der Waals surface area contributed by atoms with Gasteiger partial charge in [0.05, 0.1) is 24.5 Å². The molecule has 3 aromatic rings. The molecule has 2 amide bonds. The lowest BCUT2D eigenvalue weighted by atomic mass is 10.0. The molecule has 3 heterocycles. The summed E-state index contributed by atoms with van der Waals surface area (Å²) in [7, 11) is 1.66. The average molecular weight is 396 g/mol. The monoisotopic (exact) mass is 396 g/mol. The van der Waals surface area contributed by atoms with Crippen molar-refractivity contribution in [1.82, 2.24) is 15.2 Å². The number of urea groups is 1. The molecule has 30 heavy (non-hydrogen) atoms. The number of aliphatic imine (C=N–C) groups is 2. The minimum atomic E-state index is -0.524. The first kappa shape index (κ1) is 18.1. The van der Waals surface area contributed by atoms with Gasteiger partial charge in [-0.2, -0.15) is 10.3 Å². The van der Waals surface area contributed by atoms with Crippen molar-refractivity contribution in [2.45, 2.75) is 6.42 Å². The second-order valence-corrected chi connectivity index (χ2v) is 6.93. The molecule has 0 unspecified atom stereocenters. The van der Waals surface area contributed by atoms with Gasteiger partial charge in [0.25, 0.3) is 0 Å². The van der Waals surface area contributed by atoms with E-state index in [4.69, 9.17) is 4.74 Å². The number of amides is 2. The first-order valence-electron chi connectivity index (χ1n) is 9.60. The average Bonchev–Trinajstić information content (AvgIpc) is 3.17. The van der Waals surface area contributed by atoms with E-state index in [9.17, 15) is 4.79 Å². The van der Waals surface area contributed by atoms with Crippen LogP contribution in [0, 0.1) is 0 Å². The van der Waals surface area contributed by atoms with Crippen LogP contribution in [0.1, 0.15) is 11.1 Å². The number of fused-ring (bicyclic) bond motifs is 2. The Hall–Kier alpha value is -4.00. The molecule has 0 spiro atoms. The van der Waals surface area contributed by atoms with E-state index in [2.05, 4.69) is 26.4 Å². The van der Waals surface area contributed by atoms with Crippen molar-refractivity contribution in [1.29, 1.82) is 0 Å². The summed E-state index contributed by atoms with van der Waals surface area (Å²) in [6.45, 7) is 0.607. The summed E-state index contributed by atoms with van der Waals surface area (Å²) in [6.07, 6.45) is 4.26. The highest BCUT2D eigenvalue weighted by molar-refractivity contribution is 6.49. The summed E-state index contributed by atoms with van der Waals surface area (Å²) in [6, 6.07) is 17.3. The van der Waals surface area contributed by atoms with Crippen molar-refractivity contribution in [3.8, 4) is 5.75 Å². The molecule has 7 nitrogen and oxygen atoms in total. The number of carbonyl (C=O) groups is 1. The second-order valence-electron chi connectivity index (χ2n) is 6.93. The Balaban J connectivity index is 1.54. The second kappa shape index (κ2) is 7.44. The van der Waals surface area contributed by atoms with Gasteiger partial charge < -0.3 is 9.64 Å². The molecule has 0 N–H and O–H groups in total. The highest BCUT2D eigenvalue weighted by Crippen LogP contribution is 2.30. The van der Waals surface area contributed by atoms with Gasteiger partial charge in [0.15, 0.2) is 5.84 Å². The van der Waals surface area contributed by atoms with Crippen LogP contribution in [-0.4, -0.2) is 41.2 Å². The van der Waals surface area contributed by atoms with E-state index in [1.165, 1.54) is 0 Å². The summed E-state index contributed by atoms with van der Waals surface area (Å²) >= 11 is 0. The minimum absolute atomic E-state index is 0.354. The molecule has 0 atom stereocenters. The largest absolute Gasteiger partial charge is 0.497 e. The van der Waals surface area contributed by atoms with Crippen LogP contribution in [0.3, 0.4) is 0 Å². The molecular weight excluding hydrogens is 378 g/mol. The van der Waals surface area contributed by atoms with Crippen molar-refractivity contribution in [3.63, 3.8) is 0 Å². The number of amidine groups is 2. The summed E-state index contributed by atoms with van der Waals surface area (Å²) in [5, 5.41) is 4.93. The SMILES string of the molecule is COc1cccc(CCN2C(c3cccc4ncccc34)=CN=C3[N]C(=O)N=C32)c1. The zero-order valence-electron chi connectivity index (χ0n) is 16.3. The van der Waals surface area contributed by atoms with Gasteiger partial charge in [0, 0.05) is 23.7 Å². The Morgan fingerprint density at radius 2 is 1.97 bits per heavy atom. The summed E-state index contributed by atoms with van der Waals surface area (Å²) in [5.74, 6) is 1.65. The van der Waals surface area contributed by atoms with Gasteiger partial charge in [-0.25, -0.2) is 9.79 Å². The van der Waals surface area contributed by atoms with Crippen molar-refractivity contribution in [2.75, 3.05) is 13.7 Å². The fourth-order valence-electron chi connectivity index (χ4n) is 3.72. The first-order valence-corrected chi connectivity index (χ1v) is 9.60. The van der Waals surface area contributed by atoms with Gasteiger partial charge in [-0.15, -0.1) is 0 Å². The lowest BCUT2D eigenvalue weighted by molar-refractivity contribution is 0.253. The number of pyridine rings is 1. The van der Waals surface area contributed by atoms with Crippen LogP contribution >= 0.6 is 0 Å². The van der Waals surface area contributed by atoms with E-state index in [0.717, 1.165) is 39.9 Å². The molecule has 5 rings (SSSR count). The molecule has 0 saturated heterocycles. The molecule has 7 heteroatoms. The third-order valence-electron chi connectivity index (χ3n) is 5.14. The number of carbonyl (C=O) groups excluding carboxylic acids is 1. The maximum absolute atomic E-state index is 11.9. The highest BCUT2D eigenvalue weighted by Gasteiger charge is 2.33. The van der Waals surface area contributed by atoms with Gasteiger partial charge in [0.2, 0.25) is 5.84 Å². The molecule has 2 aromatic carbocycles. The smallest absolute Gasteiger partial charge is 0.371 e. The molecule has 2 aliphatic heterocycles. The summed E-state index contributed by atoms with van der Waals surface area (Å²) in [5.41, 5.74) is 3.87. The molecular formula is C23H18N5O2. The van der Waals surface area contributed by atoms with Crippen LogP contribution in [0.25, 0.3) is 16.6 Å². The maximum atomic E-state index is 11.9. The standard InChI is InChI=1S/C23H18N5O2/c1-30-16-6-2-5-15(13-16)10-12-28-20(14-25-21-22(28)27-23(29)26-21)18-7-3-9-19-17(18)8-4-11-24-19/h2-9,11,13-14H,10,12H2,1H3. The number of hydrogen-bond acceptors (Lipinski definition) is 5. The Labute approximate surface area is 173 Å². The topological polar surface area (TPSA) is 81.2 Å². The van der Waals surface area contributed by atoms with Crippen molar-refractivity contribution in [3.05, 3.63) is 78.1 Å². The highest BCUT2D eigenvalue weighted by atomic mass is 16.5. The van der Waals surface area contributed by atoms with Crippen LogP contribution in [0.2, 0.25) is 0 Å². The number of methoxy groups -OCH3 is 1. The number of nitrogens with zero attached hydrogens (tertiary/aromatic N) is 5. The first-order chi connectivity index (χ1) is 14.7. The number of aromatic nitrogens is 1. The predicted molar refractivity (Wildman–Crippen MR) is 116 cm³/mol. The molecule has 147 valence electrons. The Morgan fingerprint density at radius 1 is 1.07 bits per heavy atom. The fraction of sp³-hybridized carbons (Fsp3) is 0.130. The van der Waals surface area contributed by atoms with Crippen molar-refractivity contribution in [2.24, 2.45) is 9.98 Å². The van der Waals surface area contributed by atoms with Crippen LogP contribution in [0.15, 0.2) is 77.0 Å². The van der Waals surface area contributed by atoms with E-state index in [1.807, 2.05) is 53.4 Å². The number of hydrogen-bond donors (Lipinski definition) is 0. The fourth-order valence-corrected chi connectivity index (χ4v) is 3.72. The molecule has 0 aliphatic carbocycles. The molecule has 0 fully saturated rings. The third-order valence-corrected chi connectivity index (χ3v) is 5.14. The van der Waals surface area contributed by atoms with E-state index in [-0.39, 0.29) is 0 Å². The maximum Gasteiger partial charge on any atom is 0.371 e. The van der Waals surface area contributed by atoms with Crippen molar-refractivity contribution < 1.29 is 9.53 Å². The number of ether oxygens (including phenoxy) is 1. The van der Waals surface area contributed by atoms with E-state index in [0.29, 0.717) is 18.2 Å². The van der Waals surface area contributed by atoms with Crippen LogP contribution in [-0.2, 0) is 6.42 Å². The van der Waals surface area contributed by atoms with Gasteiger partial charge in [-0.3, -0.25) is 4.98 Å². The molecule has 0 saturated carbocycles. The van der Waals surface area contributed by atoms with E-state index < -0.39 is 6.03 Å². The van der Waals surface area contributed by atoms with Crippen LogP contribution in [0.4, 0.5) is 4.79 Å². The van der Waals surface area contributed by atoms with Gasteiger partial charge >= 0.3 is 6.03 Å². The molecule has 2 aliphatic rings. The minimum Gasteiger partial charge on any atom is -0.497 e. The normalized spacial score (nSPS) is 15.3. The summed E-state index contributed by atoms with van der Waals surface area (Å²) < 4.78 is 5.33. The Kier molecular flexibility index (Phi) is 4.48. The van der Waals surface area contributed by atoms with E-state index in [1.54, 1.807) is 19.5 Å². The molecule has 1 aromatic heterocycles. The van der Waals surface area contributed by atoms with Crippen LogP contribution < -0.4 is 10.1 Å². The van der Waals surface area contributed by atoms with Gasteiger partial charge in [-0.05, 0) is 36.2 Å². The van der Waals surface area contributed by atoms with E-state index >= 15 is 0 Å². The zero-order chi connectivity index (χ0) is 20.5. The quantitative estimate of drug-likeness (QED) is 0.659. The van der Waals surface area contributed by atoms with Crippen LogP contribution in [0.5, 0.6) is 5.75 Å². The third kappa shape index (κ3) is 3.20. The summed E-state index contributed by atoms with van der Waals surface area (Å²) in [4.78, 5) is 26.8. The van der Waals surface area contributed by atoms with Gasteiger partial charge in [0.1, 0.15) is 5.75 Å². The molecule has 1 radical (unpaired) electrons. The molecule has 0 bridgehead atoms. The Bertz CT molecular complexity index is 1240. The van der Waals surface area contributed by atoms with Crippen molar-refractivity contribution >= 4 is 34.3 Å². The zero-order valence-corrected chi connectivity index (χ0v) is 16.3. The lowest BCUT2D eigenvalue weighted by Gasteiger charge is -2.29. The Morgan fingerprint density at radius 3 is 2.87 bits per heavy atom. The van der Waals surface area contributed by atoms with Gasteiger partial charge in [-0.1, -0.05) is 30.3 Å². The number of benzene rings is 2. The predicted octanol–water partition coefficient (Wildman–Crippen LogP) is 3.64.